The molecule has 5 nitrogen and oxygen atoms in total. The predicted octanol–water partition coefficient (Wildman–Crippen LogP) is 1.77. The minimum atomic E-state index is -0.194. The number of anilines is 1. The third-order valence-electron chi connectivity index (χ3n) is 4.38. The van der Waals surface area contributed by atoms with Crippen molar-refractivity contribution in [1.82, 2.24) is 4.90 Å². The number of rotatable bonds is 2. The first-order valence-electron chi connectivity index (χ1n) is 7.70. The summed E-state index contributed by atoms with van der Waals surface area (Å²) in [4.78, 5) is 16.8. The van der Waals surface area contributed by atoms with Crippen LogP contribution in [0.25, 0.3) is 0 Å². The van der Waals surface area contributed by atoms with Gasteiger partial charge in [-0.05, 0) is 44.5 Å². The van der Waals surface area contributed by atoms with E-state index < -0.39 is 0 Å². The highest BCUT2D eigenvalue weighted by Gasteiger charge is 2.40. The van der Waals surface area contributed by atoms with Crippen LogP contribution in [0.15, 0.2) is 24.3 Å². The number of hydrogen-bond donors (Lipinski definition) is 0. The number of amides is 1. The number of hydrogen-bond acceptors (Lipinski definition) is 4. The van der Waals surface area contributed by atoms with Crippen LogP contribution in [0.2, 0.25) is 0 Å². The lowest BCUT2D eigenvalue weighted by Gasteiger charge is -2.40. The maximum Gasteiger partial charge on any atom is 0.244 e. The van der Waals surface area contributed by atoms with E-state index in [2.05, 4.69) is 24.8 Å². The first-order chi connectivity index (χ1) is 10.5. The summed E-state index contributed by atoms with van der Waals surface area (Å²) in [7, 11) is 0. The van der Waals surface area contributed by atoms with E-state index in [4.69, 9.17) is 10.00 Å². The standard InChI is InChI=1S/C17H21N3O2/c1-17(2)12-19(9-10-22-17)15-7-8-20(16(15)21)14-5-3-13(11-18)4-6-14/h3-6,15H,7-10,12H2,1-2H3. The third-order valence-corrected chi connectivity index (χ3v) is 4.38. The first-order valence-corrected chi connectivity index (χ1v) is 7.70. The zero-order valence-corrected chi connectivity index (χ0v) is 13.1. The molecule has 1 aromatic carbocycles. The van der Waals surface area contributed by atoms with Crippen molar-refractivity contribution in [1.29, 1.82) is 5.26 Å². The molecule has 3 rings (SSSR count). The maximum absolute atomic E-state index is 12.7. The van der Waals surface area contributed by atoms with Gasteiger partial charge in [0.05, 0.1) is 29.9 Å². The molecule has 1 amide bonds. The van der Waals surface area contributed by atoms with Gasteiger partial charge in [0.2, 0.25) is 5.91 Å². The van der Waals surface area contributed by atoms with Crippen molar-refractivity contribution in [2.75, 3.05) is 31.1 Å². The molecule has 0 aliphatic carbocycles. The molecule has 0 bridgehead atoms. The lowest BCUT2D eigenvalue weighted by atomic mass is 10.0. The van der Waals surface area contributed by atoms with Gasteiger partial charge in [-0.1, -0.05) is 0 Å². The summed E-state index contributed by atoms with van der Waals surface area (Å²) >= 11 is 0. The number of ether oxygens (including phenoxy) is 1. The van der Waals surface area contributed by atoms with Crippen LogP contribution in [-0.4, -0.2) is 48.7 Å². The van der Waals surface area contributed by atoms with E-state index in [9.17, 15) is 4.79 Å². The Balaban J connectivity index is 1.73. The summed E-state index contributed by atoms with van der Waals surface area (Å²) in [6, 6.07) is 9.26. The Labute approximate surface area is 131 Å². The number of carbonyl (C=O) groups is 1. The van der Waals surface area contributed by atoms with E-state index in [0.29, 0.717) is 12.2 Å². The van der Waals surface area contributed by atoms with Gasteiger partial charge >= 0.3 is 0 Å². The van der Waals surface area contributed by atoms with Crippen molar-refractivity contribution >= 4 is 11.6 Å². The Bertz CT molecular complexity index is 603. The van der Waals surface area contributed by atoms with Crippen molar-refractivity contribution in [2.45, 2.75) is 31.9 Å². The van der Waals surface area contributed by atoms with Crippen LogP contribution >= 0.6 is 0 Å². The van der Waals surface area contributed by atoms with Crippen molar-refractivity contribution in [3.05, 3.63) is 29.8 Å². The zero-order valence-electron chi connectivity index (χ0n) is 13.1. The van der Waals surface area contributed by atoms with E-state index in [1.807, 2.05) is 17.0 Å². The average molecular weight is 299 g/mol. The van der Waals surface area contributed by atoms with Gasteiger partial charge in [0.1, 0.15) is 0 Å². The second-order valence-corrected chi connectivity index (χ2v) is 6.53. The van der Waals surface area contributed by atoms with Gasteiger partial charge in [-0.15, -0.1) is 0 Å². The lowest BCUT2D eigenvalue weighted by molar-refractivity contribution is -0.129. The normalized spacial score (nSPS) is 25.2. The number of carbonyl (C=O) groups excluding carboxylic acids is 1. The summed E-state index contributed by atoms with van der Waals surface area (Å²) in [5.74, 6) is 0.155. The molecule has 2 saturated heterocycles. The van der Waals surface area contributed by atoms with Crippen LogP contribution < -0.4 is 4.90 Å². The number of benzene rings is 1. The smallest absolute Gasteiger partial charge is 0.244 e. The third kappa shape index (κ3) is 2.85. The molecule has 0 saturated carbocycles. The summed E-state index contributed by atoms with van der Waals surface area (Å²) in [6.45, 7) is 7.13. The van der Waals surface area contributed by atoms with E-state index >= 15 is 0 Å². The number of morpholine rings is 1. The van der Waals surface area contributed by atoms with E-state index in [1.54, 1.807) is 12.1 Å². The van der Waals surface area contributed by atoms with Crippen molar-refractivity contribution in [3.8, 4) is 6.07 Å². The fraction of sp³-hybridized carbons (Fsp3) is 0.529. The molecule has 2 heterocycles. The first kappa shape index (κ1) is 15.0. The molecule has 1 unspecified atom stereocenters. The van der Waals surface area contributed by atoms with Crippen LogP contribution in [-0.2, 0) is 9.53 Å². The number of nitrogens with zero attached hydrogens (tertiary/aromatic N) is 3. The molecule has 2 fully saturated rings. The molecule has 116 valence electrons. The molecule has 0 aromatic heterocycles. The molecular formula is C17H21N3O2. The second-order valence-electron chi connectivity index (χ2n) is 6.53. The van der Waals surface area contributed by atoms with Crippen LogP contribution in [0.5, 0.6) is 0 Å². The quantitative estimate of drug-likeness (QED) is 0.835. The van der Waals surface area contributed by atoms with Gasteiger partial charge in [0, 0.05) is 25.3 Å². The van der Waals surface area contributed by atoms with Gasteiger partial charge in [-0.3, -0.25) is 9.69 Å². The van der Waals surface area contributed by atoms with Gasteiger partial charge in [-0.2, -0.15) is 5.26 Å². The molecule has 0 spiro atoms. The topological polar surface area (TPSA) is 56.6 Å². The van der Waals surface area contributed by atoms with Gasteiger partial charge < -0.3 is 9.64 Å². The van der Waals surface area contributed by atoms with Crippen LogP contribution in [0.1, 0.15) is 25.8 Å². The van der Waals surface area contributed by atoms with Gasteiger partial charge in [0.25, 0.3) is 0 Å². The Morgan fingerprint density at radius 3 is 2.64 bits per heavy atom. The Hall–Kier alpha value is -1.90. The Morgan fingerprint density at radius 1 is 1.27 bits per heavy atom. The van der Waals surface area contributed by atoms with Gasteiger partial charge in [-0.25, -0.2) is 0 Å². The molecule has 22 heavy (non-hydrogen) atoms. The monoisotopic (exact) mass is 299 g/mol. The summed E-state index contributed by atoms with van der Waals surface area (Å²) < 4.78 is 5.73. The summed E-state index contributed by atoms with van der Waals surface area (Å²) in [5, 5.41) is 8.86. The molecule has 2 aliphatic rings. The molecule has 1 atom stereocenters. The largest absolute Gasteiger partial charge is 0.373 e. The Morgan fingerprint density at radius 2 is 2.00 bits per heavy atom. The highest BCUT2D eigenvalue weighted by atomic mass is 16.5. The predicted molar refractivity (Wildman–Crippen MR) is 83.5 cm³/mol. The van der Waals surface area contributed by atoms with Crippen molar-refractivity contribution < 1.29 is 9.53 Å². The fourth-order valence-electron chi connectivity index (χ4n) is 3.29. The van der Waals surface area contributed by atoms with Crippen molar-refractivity contribution in [2.24, 2.45) is 0 Å². The second kappa shape index (κ2) is 5.71. The fourth-order valence-corrected chi connectivity index (χ4v) is 3.29. The SMILES string of the molecule is CC1(C)CN(C2CCN(c3ccc(C#N)cc3)C2=O)CCO1. The lowest BCUT2D eigenvalue weighted by Crippen LogP contribution is -2.54. The minimum absolute atomic E-state index is 0.0566. The summed E-state index contributed by atoms with van der Waals surface area (Å²) in [6.07, 6.45) is 0.842. The maximum atomic E-state index is 12.7. The molecule has 0 N–H and O–H groups in total. The average Bonchev–Trinajstić information content (AvgIpc) is 2.88. The van der Waals surface area contributed by atoms with Crippen molar-refractivity contribution in [3.63, 3.8) is 0 Å². The van der Waals surface area contributed by atoms with Crippen LogP contribution in [0.3, 0.4) is 0 Å². The molecule has 0 radical (unpaired) electrons. The molecule has 1 aromatic rings. The summed E-state index contributed by atoms with van der Waals surface area (Å²) in [5.41, 5.74) is 1.29. The highest BCUT2D eigenvalue weighted by Crippen LogP contribution is 2.27. The molecular weight excluding hydrogens is 278 g/mol. The highest BCUT2D eigenvalue weighted by molar-refractivity contribution is 5.99. The number of nitriles is 1. The van der Waals surface area contributed by atoms with E-state index in [0.717, 1.165) is 31.7 Å². The molecule has 5 heteroatoms. The van der Waals surface area contributed by atoms with E-state index in [-0.39, 0.29) is 17.6 Å². The molecule has 2 aliphatic heterocycles. The van der Waals surface area contributed by atoms with Gasteiger partial charge in [0.15, 0.2) is 0 Å². The van der Waals surface area contributed by atoms with Crippen LogP contribution in [0, 0.1) is 11.3 Å². The van der Waals surface area contributed by atoms with Crippen LogP contribution in [0.4, 0.5) is 5.69 Å². The van der Waals surface area contributed by atoms with E-state index in [1.165, 1.54) is 0 Å². The Kier molecular flexibility index (Phi) is 3.90. The minimum Gasteiger partial charge on any atom is -0.373 e. The zero-order chi connectivity index (χ0) is 15.7.